The van der Waals surface area contributed by atoms with Gasteiger partial charge in [-0.15, -0.1) is 0 Å². The Kier molecular flexibility index (Phi) is 7.37. The quantitative estimate of drug-likeness (QED) is 0.572. The number of esters is 1. The van der Waals surface area contributed by atoms with Gasteiger partial charge in [-0.25, -0.2) is 4.79 Å². The van der Waals surface area contributed by atoms with Gasteiger partial charge in [-0.2, -0.15) is 0 Å². The second-order valence-corrected chi connectivity index (χ2v) is 8.51. The Bertz CT molecular complexity index is 931. The summed E-state index contributed by atoms with van der Waals surface area (Å²) in [5.74, 6) is -0.0464. The van der Waals surface area contributed by atoms with E-state index in [-0.39, 0.29) is 12.0 Å². The number of amides is 1. The standard InChI is InChI=1S/C26H33NO4/c1-5-19(3)31-23-13-12-21(17-22(23)24(28)30-4)27-25(29)26(14-7-6-8-15-26)20-11-9-10-18(2)16-20/h9-13,16-17,19H,5-8,14-15H2,1-4H3,(H,27,29)/t19-/m0/s1. The first-order valence-corrected chi connectivity index (χ1v) is 11.2. The molecule has 1 aliphatic rings. The van der Waals surface area contributed by atoms with Crippen LogP contribution in [0.4, 0.5) is 5.69 Å². The maximum Gasteiger partial charge on any atom is 0.341 e. The summed E-state index contributed by atoms with van der Waals surface area (Å²) in [6.45, 7) is 6.02. The van der Waals surface area contributed by atoms with Crippen LogP contribution in [-0.2, 0) is 14.9 Å². The fraction of sp³-hybridized carbons (Fsp3) is 0.462. The van der Waals surface area contributed by atoms with Gasteiger partial charge in [0.05, 0.1) is 18.6 Å². The van der Waals surface area contributed by atoms with Crippen molar-refractivity contribution in [2.24, 2.45) is 0 Å². The van der Waals surface area contributed by atoms with E-state index < -0.39 is 11.4 Å². The number of benzene rings is 2. The monoisotopic (exact) mass is 423 g/mol. The first kappa shape index (κ1) is 22.9. The molecule has 0 bridgehead atoms. The van der Waals surface area contributed by atoms with Crippen molar-refractivity contribution in [1.29, 1.82) is 0 Å². The van der Waals surface area contributed by atoms with Gasteiger partial charge in [-0.1, -0.05) is 56.0 Å². The zero-order valence-corrected chi connectivity index (χ0v) is 19.0. The van der Waals surface area contributed by atoms with Crippen LogP contribution in [0.3, 0.4) is 0 Å². The Hall–Kier alpha value is -2.82. The SMILES string of the molecule is CC[C@H](C)Oc1ccc(NC(=O)C2(c3cccc(C)c3)CCCCC2)cc1C(=O)OC. The molecule has 0 aromatic heterocycles. The molecule has 1 N–H and O–H groups in total. The highest BCUT2D eigenvalue weighted by Crippen LogP contribution is 2.41. The zero-order valence-electron chi connectivity index (χ0n) is 19.0. The number of carbonyl (C=O) groups is 2. The second-order valence-electron chi connectivity index (χ2n) is 8.51. The van der Waals surface area contributed by atoms with E-state index in [1.54, 1.807) is 18.2 Å². The third-order valence-corrected chi connectivity index (χ3v) is 6.26. The summed E-state index contributed by atoms with van der Waals surface area (Å²) < 4.78 is 10.8. The van der Waals surface area contributed by atoms with E-state index in [0.717, 1.165) is 49.7 Å². The first-order valence-electron chi connectivity index (χ1n) is 11.2. The fourth-order valence-corrected chi connectivity index (χ4v) is 4.28. The molecule has 0 unspecified atom stereocenters. The molecule has 2 aromatic carbocycles. The van der Waals surface area contributed by atoms with Crippen LogP contribution in [0.25, 0.3) is 0 Å². The van der Waals surface area contributed by atoms with Gasteiger partial charge in [0.2, 0.25) is 5.91 Å². The van der Waals surface area contributed by atoms with Gasteiger partial charge in [-0.3, -0.25) is 4.79 Å². The molecule has 1 atom stereocenters. The van der Waals surface area contributed by atoms with Crippen LogP contribution in [-0.4, -0.2) is 25.1 Å². The van der Waals surface area contributed by atoms with E-state index in [4.69, 9.17) is 9.47 Å². The summed E-state index contributed by atoms with van der Waals surface area (Å²) in [6.07, 6.45) is 5.62. The molecule has 2 aromatic rings. The molecule has 1 fully saturated rings. The van der Waals surface area contributed by atoms with Gasteiger partial charge in [-0.05, 0) is 56.9 Å². The van der Waals surface area contributed by atoms with Crippen LogP contribution < -0.4 is 10.1 Å². The number of hydrogen-bond donors (Lipinski definition) is 1. The summed E-state index contributed by atoms with van der Waals surface area (Å²) in [5.41, 5.74) is 2.54. The van der Waals surface area contributed by atoms with Crippen molar-refractivity contribution in [3.05, 3.63) is 59.2 Å². The summed E-state index contributed by atoms with van der Waals surface area (Å²) in [5, 5.41) is 3.08. The van der Waals surface area contributed by atoms with Crippen molar-refractivity contribution < 1.29 is 19.1 Å². The number of nitrogens with one attached hydrogen (secondary N) is 1. The second kappa shape index (κ2) is 9.99. The molecular formula is C26H33NO4. The highest BCUT2D eigenvalue weighted by atomic mass is 16.5. The number of anilines is 1. The molecule has 1 amide bonds. The van der Waals surface area contributed by atoms with Crippen LogP contribution in [0, 0.1) is 6.92 Å². The topological polar surface area (TPSA) is 64.6 Å². The number of aryl methyl sites for hydroxylation is 1. The lowest BCUT2D eigenvalue weighted by Crippen LogP contribution is -2.42. The highest BCUT2D eigenvalue weighted by Gasteiger charge is 2.41. The minimum absolute atomic E-state index is 0.0239. The van der Waals surface area contributed by atoms with Crippen molar-refractivity contribution in [1.82, 2.24) is 0 Å². The fourth-order valence-electron chi connectivity index (χ4n) is 4.28. The molecule has 1 saturated carbocycles. The molecule has 1 aliphatic carbocycles. The van der Waals surface area contributed by atoms with Gasteiger partial charge >= 0.3 is 5.97 Å². The minimum atomic E-state index is -0.554. The Balaban J connectivity index is 1.92. The molecule has 0 saturated heterocycles. The Labute approximate surface area is 185 Å². The van der Waals surface area contributed by atoms with E-state index in [1.807, 2.05) is 19.9 Å². The van der Waals surface area contributed by atoms with E-state index in [0.29, 0.717) is 17.0 Å². The van der Waals surface area contributed by atoms with Crippen LogP contribution in [0.15, 0.2) is 42.5 Å². The summed E-state index contributed by atoms with van der Waals surface area (Å²) >= 11 is 0. The molecule has 3 rings (SSSR count). The number of ether oxygens (including phenoxy) is 2. The van der Waals surface area contributed by atoms with Crippen molar-refractivity contribution in [3.63, 3.8) is 0 Å². The lowest BCUT2D eigenvalue weighted by molar-refractivity contribution is -0.122. The minimum Gasteiger partial charge on any atom is -0.490 e. The molecule has 0 aliphatic heterocycles. The van der Waals surface area contributed by atoms with Crippen LogP contribution in [0.5, 0.6) is 5.75 Å². The zero-order chi connectivity index (χ0) is 22.4. The third kappa shape index (κ3) is 5.09. The molecule has 5 heteroatoms. The summed E-state index contributed by atoms with van der Waals surface area (Å²) in [4.78, 5) is 26.0. The van der Waals surface area contributed by atoms with Crippen LogP contribution >= 0.6 is 0 Å². The van der Waals surface area contributed by atoms with Crippen molar-refractivity contribution >= 4 is 17.6 Å². The Morgan fingerprint density at radius 2 is 1.84 bits per heavy atom. The van der Waals surface area contributed by atoms with E-state index in [9.17, 15) is 9.59 Å². The average Bonchev–Trinajstić information content (AvgIpc) is 2.79. The molecule has 166 valence electrons. The maximum absolute atomic E-state index is 13.6. The van der Waals surface area contributed by atoms with Crippen molar-refractivity contribution in [2.45, 2.75) is 70.8 Å². The van der Waals surface area contributed by atoms with Gasteiger partial charge in [0.1, 0.15) is 11.3 Å². The Morgan fingerprint density at radius 3 is 2.48 bits per heavy atom. The molecule has 5 nitrogen and oxygen atoms in total. The van der Waals surface area contributed by atoms with Crippen LogP contribution in [0.2, 0.25) is 0 Å². The third-order valence-electron chi connectivity index (χ3n) is 6.26. The van der Waals surface area contributed by atoms with Gasteiger partial charge < -0.3 is 14.8 Å². The van der Waals surface area contributed by atoms with Gasteiger partial charge in [0, 0.05) is 5.69 Å². The van der Waals surface area contributed by atoms with Crippen molar-refractivity contribution in [2.75, 3.05) is 12.4 Å². The lowest BCUT2D eigenvalue weighted by atomic mass is 9.68. The van der Waals surface area contributed by atoms with Gasteiger partial charge in [0.15, 0.2) is 0 Å². The van der Waals surface area contributed by atoms with Crippen LogP contribution in [0.1, 0.15) is 73.9 Å². The number of methoxy groups -OCH3 is 1. The first-order chi connectivity index (χ1) is 14.9. The smallest absolute Gasteiger partial charge is 0.341 e. The van der Waals surface area contributed by atoms with E-state index in [1.165, 1.54) is 7.11 Å². The maximum atomic E-state index is 13.6. The predicted octanol–water partition coefficient (Wildman–Crippen LogP) is 5.80. The number of rotatable bonds is 7. The average molecular weight is 424 g/mol. The largest absolute Gasteiger partial charge is 0.490 e. The molecule has 0 radical (unpaired) electrons. The van der Waals surface area contributed by atoms with Crippen molar-refractivity contribution in [3.8, 4) is 5.75 Å². The molecule has 31 heavy (non-hydrogen) atoms. The predicted molar refractivity (Wildman–Crippen MR) is 123 cm³/mol. The lowest BCUT2D eigenvalue weighted by Gasteiger charge is -2.36. The molecule has 0 spiro atoms. The Morgan fingerprint density at radius 1 is 1.10 bits per heavy atom. The normalized spacial score (nSPS) is 16.3. The summed E-state index contributed by atoms with van der Waals surface area (Å²) in [7, 11) is 1.34. The highest BCUT2D eigenvalue weighted by molar-refractivity contribution is 6.01. The molecule has 0 heterocycles. The molecular weight excluding hydrogens is 390 g/mol. The van der Waals surface area contributed by atoms with E-state index in [2.05, 4.69) is 30.4 Å². The number of carbonyl (C=O) groups excluding carboxylic acids is 2. The summed E-state index contributed by atoms with van der Waals surface area (Å²) in [6, 6.07) is 13.4. The van der Waals surface area contributed by atoms with E-state index >= 15 is 0 Å². The number of hydrogen-bond acceptors (Lipinski definition) is 4. The van der Waals surface area contributed by atoms with Gasteiger partial charge in [0.25, 0.3) is 0 Å².